The molecule has 1 aromatic rings. The maximum atomic E-state index is 12.3. The van der Waals surface area contributed by atoms with E-state index in [1.807, 2.05) is 19.9 Å². The molecule has 104 valence electrons. The van der Waals surface area contributed by atoms with Gasteiger partial charge >= 0.3 is 5.97 Å². The average Bonchev–Trinajstić information content (AvgIpc) is 2.43. The number of ether oxygens (including phenoxy) is 2. The number of carbonyl (C=O) groups is 2. The standard InChI is InChI=1S/C15H20O4/c1-9(2)11-6-7-13(18-4)12(8-11)14(16)10(3)15(17)19-5/h6-10H,1-5H3. The Bertz CT molecular complexity index is 477. The first-order valence-corrected chi connectivity index (χ1v) is 6.22. The number of benzene rings is 1. The lowest BCUT2D eigenvalue weighted by molar-refractivity contribution is -0.143. The van der Waals surface area contributed by atoms with Gasteiger partial charge in [-0.1, -0.05) is 19.9 Å². The fourth-order valence-electron chi connectivity index (χ4n) is 1.79. The Morgan fingerprint density at radius 2 is 1.74 bits per heavy atom. The Morgan fingerprint density at radius 3 is 2.21 bits per heavy atom. The third-order valence-electron chi connectivity index (χ3n) is 3.10. The van der Waals surface area contributed by atoms with E-state index < -0.39 is 11.9 Å². The molecule has 0 aliphatic heterocycles. The van der Waals surface area contributed by atoms with Gasteiger partial charge in [-0.25, -0.2) is 0 Å². The van der Waals surface area contributed by atoms with Gasteiger partial charge < -0.3 is 9.47 Å². The van der Waals surface area contributed by atoms with Crippen molar-refractivity contribution in [2.24, 2.45) is 5.92 Å². The summed E-state index contributed by atoms with van der Waals surface area (Å²) in [6, 6.07) is 5.46. The van der Waals surface area contributed by atoms with E-state index >= 15 is 0 Å². The Kier molecular flexibility index (Phi) is 5.10. The molecule has 0 aliphatic carbocycles. The van der Waals surface area contributed by atoms with Gasteiger partial charge in [-0.05, 0) is 30.5 Å². The van der Waals surface area contributed by atoms with Gasteiger partial charge in [-0.3, -0.25) is 9.59 Å². The number of carbonyl (C=O) groups excluding carboxylic acids is 2. The molecule has 0 amide bonds. The summed E-state index contributed by atoms with van der Waals surface area (Å²) in [5.74, 6) is -0.884. The Hall–Kier alpha value is -1.84. The SMILES string of the molecule is COC(=O)C(C)C(=O)c1cc(C(C)C)ccc1OC. The Morgan fingerprint density at radius 1 is 1.11 bits per heavy atom. The molecule has 4 heteroatoms. The number of esters is 1. The van der Waals surface area contributed by atoms with Gasteiger partial charge in [-0.2, -0.15) is 0 Å². The van der Waals surface area contributed by atoms with Crippen LogP contribution in [0.4, 0.5) is 0 Å². The molecule has 0 bridgehead atoms. The molecule has 19 heavy (non-hydrogen) atoms. The summed E-state index contributed by atoms with van der Waals surface area (Å²) in [7, 11) is 2.78. The Balaban J connectivity index is 3.19. The molecule has 1 rings (SSSR count). The van der Waals surface area contributed by atoms with Crippen LogP contribution in [-0.2, 0) is 9.53 Å². The fraction of sp³-hybridized carbons (Fsp3) is 0.467. The highest BCUT2D eigenvalue weighted by Gasteiger charge is 2.26. The second-order valence-electron chi connectivity index (χ2n) is 4.72. The van der Waals surface area contributed by atoms with Gasteiger partial charge in [0.25, 0.3) is 0 Å². The lowest BCUT2D eigenvalue weighted by Crippen LogP contribution is -2.23. The summed E-state index contributed by atoms with van der Waals surface area (Å²) in [5.41, 5.74) is 1.45. The van der Waals surface area contributed by atoms with Gasteiger partial charge in [0.15, 0.2) is 5.78 Å². The highest BCUT2D eigenvalue weighted by atomic mass is 16.5. The minimum Gasteiger partial charge on any atom is -0.496 e. The topological polar surface area (TPSA) is 52.6 Å². The molecule has 0 saturated carbocycles. The van der Waals surface area contributed by atoms with Crippen LogP contribution in [0.25, 0.3) is 0 Å². The summed E-state index contributed by atoms with van der Waals surface area (Å²) in [6.07, 6.45) is 0. The number of hydrogen-bond acceptors (Lipinski definition) is 4. The third kappa shape index (κ3) is 3.34. The highest BCUT2D eigenvalue weighted by molar-refractivity contribution is 6.09. The lowest BCUT2D eigenvalue weighted by atomic mass is 9.94. The largest absolute Gasteiger partial charge is 0.496 e. The van der Waals surface area contributed by atoms with Crippen molar-refractivity contribution in [2.45, 2.75) is 26.7 Å². The van der Waals surface area contributed by atoms with E-state index in [2.05, 4.69) is 4.74 Å². The second-order valence-corrected chi connectivity index (χ2v) is 4.72. The molecule has 0 fully saturated rings. The van der Waals surface area contributed by atoms with Crippen LogP contribution in [0.5, 0.6) is 5.75 Å². The number of rotatable bonds is 5. The van der Waals surface area contributed by atoms with Crippen molar-refractivity contribution in [2.75, 3.05) is 14.2 Å². The van der Waals surface area contributed by atoms with E-state index in [1.165, 1.54) is 21.1 Å². The van der Waals surface area contributed by atoms with E-state index in [4.69, 9.17) is 4.74 Å². The second kappa shape index (κ2) is 6.36. The van der Waals surface area contributed by atoms with Crippen molar-refractivity contribution in [3.8, 4) is 5.75 Å². The minimum absolute atomic E-state index is 0.286. The van der Waals surface area contributed by atoms with Crippen LogP contribution in [-0.4, -0.2) is 26.0 Å². The van der Waals surface area contributed by atoms with Gasteiger partial charge in [0.05, 0.1) is 19.8 Å². The molecule has 1 unspecified atom stereocenters. The summed E-state index contributed by atoms with van der Waals surface area (Å²) in [5, 5.41) is 0. The van der Waals surface area contributed by atoms with Crippen molar-refractivity contribution < 1.29 is 19.1 Å². The molecule has 0 aromatic heterocycles. The predicted octanol–water partition coefficient (Wildman–Crippen LogP) is 2.81. The van der Waals surface area contributed by atoms with E-state index in [1.54, 1.807) is 12.1 Å². The van der Waals surface area contributed by atoms with Crippen molar-refractivity contribution in [1.82, 2.24) is 0 Å². The zero-order valence-corrected chi connectivity index (χ0v) is 12.0. The van der Waals surface area contributed by atoms with Gasteiger partial charge in [0.2, 0.25) is 0 Å². The summed E-state index contributed by atoms with van der Waals surface area (Å²) in [6.45, 7) is 5.62. The number of Topliss-reactive ketones (excluding diaryl/α,β-unsaturated/α-hetero) is 1. The molecule has 4 nitrogen and oxygen atoms in total. The zero-order chi connectivity index (χ0) is 14.6. The zero-order valence-electron chi connectivity index (χ0n) is 12.0. The van der Waals surface area contributed by atoms with Crippen LogP contribution < -0.4 is 4.74 Å². The molecule has 0 aliphatic rings. The van der Waals surface area contributed by atoms with Gasteiger partial charge in [0, 0.05) is 0 Å². The monoisotopic (exact) mass is 264 g/mol. The quantitative estimate of drug-likeness (QED) is 0.466. The van der Waals surface area contributed by atoms with Crippen LogP contribution in [0.15, 0.2) is 18.2 Å². The van der Waals surface area contributed by atoms with Crippen LogP contribution in [0.1, 0.15) is 42.6 Å². The van der Waals surface area contributed by atoms with Crippen LogP contribution in [0, 0.1) is 5.92 Å². The van der Waals surface area contributed by atoms with Gasteiger partial charge in [0.1, 0.15) is 11.7 Å². The Labute approximate surface area is 113 Å². The first kappa shape index (κ1) is 15.2. The molecule has 0 saturated heterocycles. The molecule has 0 radical (unpaired) electrons. The maximum absolute atomic E-state index is 12.3. The molecule has 0 spiro atoms. The van der Waals surface area contributed by atoms with Crippen molar-refractivity contribution in [3.05, 3.63) is 29.3 Å². The van der Waals surface area contributed by atoms with E-state index in [0.29, 0.717) is 17.2 Å². The van der Waals surface area contributed by atoms with Crippen molar-refractivity contribution in [1.29, 1.82) is 0 Å². The highest BCUT2D eigenvalue weighted by Crippen LogP contribution is 2.26. The fourth-order valence-corrected chi connectivity index (χ4v) is 1.79. The van der Waals surface area contributed by atoms with E-state index in [9.17, 15) is 9.59 Å². The summed E-state index contributed by atoms with van der Waals surface area (Å²) in [4.78, 5) is 23.8. The summed E-state index contributed by atoms with van der Waals surface area (Å²) >= 11 is 0. The average molecular weight is 264 g/mol. The molecule has 0 N–H and O–H groups in total. The third-order valence-corrected chi connectivity index (χ3v) is 3.10. The first-order chi connectivity index (χ1) is 8.92. The molecule has 0 heterocycles. The minimum atomic E-state index is -0.832. The summed E-state index contributed by atoms with van der Waals surface area (Å²) < 4.78 is 9.80. The molecular formula is C15H20O4. The number of methoxy groups -OCH3 is 2. The predicted molar refractivity (Wildman–Crippen MR) is 72.6 cm³/mol. The van der Waals surface area contributed by atoms with Crippen LogP contribution in [0.2, 0.25) is 0 Å². The molecule has 1 aromatic carbocycles. The van der Waals surface area contributed by atoms with Crippen LogP contribution in [0.3, 0.4) is 0 Å². The lowest BCUT2D eigenvalue weighted by Gasteiger charge is -2.14. The smallest absolute Gasteiger partial charge is 0.316 e. The van der Waals surface area contributed by atoms with Crippen molar-refractivity contribution in [3.63, 3.8) is 0 Å². The van der Waals surface area contributed by atoms with Gasteiger partial charge in [-0.15, -0.1) is 0 Å². The first-order valence-electron chi connectivity index (χ1n) is 6.22. The number of ketones is 1. The maximum Gasteiger partial charge on any atom is 0.316 e. The van der Waals surface area contributed by atoms with E-state index in [-0.39, 0.29) is 5.78 Å². The van der Waals surface area contributed by atoms with E-state index in [0.717, 1.165) is 5.56 Å². The molecular weight excluding hydrogens is 244 g/mol. The van der Waals surface area contributed by atoms with Crippen molar-refractivity contribution >= 4 is 11.8 Å². The molecule has 1 atom stereocenters. The number of hydrogen-bond donors (Lipinski definition) is 0. The van der Waals surface area contributed by atoms with Crippen LogP contribution >= 0.6 is 0 Å². The normalized spacial score (nSPS) is 12.1.